The van der Waals surface area contributed by atoms with E-state index in [9.17, 15) is 4.79 Å². The summed E-state index contributed by atoms with van der Waals surface area (Å²) >= 11 is 6.49. The molecule has 150 valence electrons. The molecule has 1 atom stereocenters. The van der Waals surface area contributed by atoms with Crippen LogP contribution in [0.5, 0.6) is 0 Å². The van der Waals surface area contributed by atoms with Gasteiger partial charge in [-0.2, -0.15) is 4.98 Å². The first-order valence-corrected chi connectivity index (χ1v) is 9.85. The van der Waals surface area contributed by atoms with Gasteiger partial charge in [-0.25, -0.2) is 4.98 Å². The predicted molar refractivity (Wildman–Crippen MR) is 108 cm³/mol. The minimum atomic E-state index is -0.230. The van der Waals surface area contributed by atoms with Crippen LogP contribution in [-0.2, 0) is 10.2 Å². The van der Waals surface area contributed by atoms with E-state index < -0.39 is 0 Å². The van der Waals surface area contributed by atoms with E-state index in [-0.39, 0.29) is 17.0 Å². The monoisotopic (exact) mass is 413 g/mol. The minimum Gasteiger partial charge on any atom is -0.383 e. The molecule has 9 heteroatoms. The Morgan fingerprint density at radius 2 is 2.14 bits per heavy atom. The molecule has 1 saturated carbocycles. The number of hydrogen-bond acceptors (Lipinski definition) is 6. The molecule has 29 heavy (non-hydrogen) atoms. The van der Waals surface area contributed by atoms with Gasteiger partial charge in [-0.1, -0.05) is 29.7 Å². The van der Waals surface area contributed by atoms with Gasteiger partial charge in [0.15, 0.2) is 0 Å². The first kappa shape index (κ1) is 18.3. The summed E-state index contributed by atoms with van der Waals surface area (Å²) < 4.78 is 14.2. The molecule has 8 nitrogen and oxygen atoms in total. The van der Waals surface area contributed by atoms with Crippen molar-refractivity contribution in [1.82, 2.24) is 24.1 Å². The first-order chi connectivity index (χ1) is 13.9. The van der Waals surface area contributed by atoms with Crippen LogP contribution in [0.25, 0.3) is 28.1 Å². The number of imidazole rings is 1. The maximum Gasteiger partial charge on any atom is 0.278 e. The molecule has 0 N–H and O–H groups in total. The molecule has 0 bridgehead atoms. The van der Waals surface area contributed by atoms with Crippen molar-refractivity contribution in [3.05, 3.63) is 45.8 Å². The highest BCUT2D eigenvalue weighted by Gasteiger charge is 2.44. The molecule has 0 saturated heterocycles. The number of nitrogens with zero attached hydrogens (tertiary/aromatic N) is 5. The molecular weight excluding hydrogens is 394 g/mol. The summed E-state index contributed by atoms with van der Waals surface area (Å²) in [4.78, 5) is 22.6. The van der Waals surface area contributed by atoms with Gasteiger partial charge in [0.1, 0.15) is 17.5 Å². The molecule has 5 rings (SSSR count). The van der Waals surface area contributed by atoms with Crippen LogP contribution in [0, 0.1) is 0 Å². The summed E-state index contributed by atoms with van der Waals surface area (Å²) in [5, 5.41) is 4.59. The van der Waals surface area contributed by atoms with Gasteiger partial charge in [0, 0.05) is 12.5 Å². The molecule has 0 aliphatic heterocycles. The van der Waals surface area contributed by atoms with Gasteiger partial charge in [-0.15, -0.1) is 0 Å². The Bertz CT molecular complexity index is 1300. The van der Waals surface area contributed by atoms with Gasteiger partial charge in [-0.3, -0.25) is 13.8 Å². The second kappa shape index (κ2) is 6.40. The lowest BCUT2D eigenvalue weighted by Gasteiger charge is -2.19. The maximum atomic E-state index is 13.6. The highest BCUT2D eigenvalue weighted by atomic mass is 35.5. The SMILES string of the molecule is COCC(C)n1c(=O)c2c(-c3noc(C4(C)CC4)n3)ncn2c2cccc(Cl)c21. The summed E-state index contributed by atoms with van der Waals surface area (Å²) in [5.74, 6) is 0.908. The molecule has 0 spiro atoms. The van der Waals surface area contributed by atoms with Crippen LogP contribution in [-0.4, -0.2) is 37.8 Å². The highest BCUT2D eigenvalue weighted by molar-refractivity contribution is 6.35. The van der Waals surface area contributed by atoms with Crippen LogP contribution in [0.3, 0.4) is 0 Å². The van der Waals surface area contributed by atoms with Crippen molar-refractivity contribution in [2.24, 2.45) is 0 Å². The molecule has 3 heterocycles. The van der Waals surface area contributed by atoms with E-state index in [4.69, 9.17) is 20.9 Å². The van der Waals surface area contributed by atoms with Crippen molar-refractivity contribution >= 4 is 28.2 Å². The Hall–Kier alpha value is -2.71. The number of methoxy groups -OCH3 is 1. The van der Waals surface area contributed by atoms with E-state index in [0.717, 1.165) is 18.4 Å². The molecule has 1 fully saturated rings. The number of rotatable bonds is 5. The first-order valence-electron chi connectivity index (χ1n) is 9.48. The molecule has 0 radical (unpaired) electrons. The molecule has 1 aliphatic carbocycles. The van der Waals surface area contributed by atoms with Crippen molar-refractivity contribution < 1.29 is 9.26 Å². The summed E-state index contributed by atoms with van der Waals surface area (Å²) in [6.45, 7) is 4.37. The van der Waals surface area contributed by atoms with Gasteiger partial charge >= 0.3 is 0 Å². The molecule has 1 aromatic carbocycles. The van der Waals surface area contributed by atoms with Crippen LogP contribution < -0.4 is 5.56 Å². The third-order valence-corrected chi connectivity index (χ3v) is 5.96. The Morgan fingerprint density at radius 1 is 1.34 bits per heavy atom. The standard InChI is InChI=1S/C20H20ClN5O3/c1-11(9-28-3)26-15-12(21)5-4-6-13(15)25-10-22-14(16(25)18(26)27)17-23-19(29-24-17)20(2)7-8-20/h4-6,10-11H,7-9H2,1-3H3. The lowest BCUT2D eigenvalue weighted by Crippen LogP contribution is -2.28. The molecule has 1 aliphatic rings. The van der Waals surface area contributed by atoms with E-state index in [1.165, 1.54) is 0 Å². The highest BCUT2D eigenvalue weighted by Crippen LogP contribution is 2.47. The Labute approximate surface area is 171 Å². The summed E-state index contributed by atoms with van der Waals surface area (Å²) in [5.41, 5.74) is 1.90. The second-order valence-electron chi connectivity index (χ2n) is 7.88. The van der Waals surface area contributed by atoms with E-state index in [1.54, 1.807) is 28.5 Å². The minimum absolute atomic E-state index is 0.0613. The molecule has 0 amide bonds. The quantitative estimate of drug-likeness (QED) is 0.496. The number of hydrogen-bond donors (Lipinski definition) is 0. The number of aromatic nitrogens is 5. The van der Waals surface area contributed by atoms with Crippen LogP contribution >= 0.6 is 11.6 Å². The smallest absolute Gasteiger partial charge is 0.278 e. The summed E-state index contributed by atoms with van der Waals surface area (Å²) in [6, 6.07) is 5.29. The zero-order valence-electron chi connectivity index (χ0n) is 16.3. The predicted octanol–water partition coefficient (Wildman–Crippen LogP) is 3.61. The third-order valence-electron chi connectivity index (χ3n) is 5.66. The van der Waals surface area contributed by atoms with Crippen molar-refractivity contribution in [2.45, 2.75) is 38.1 Å². The van der Waals surface area contributed by atoms with E-state index in [0.29, 0.717) is 40.1 Å². The topological polar surface area (TPSA) is 87.5 Å². The average molecular weight is 414 g/mol. The van der Waals surface area contributed by atoms with Crippen LogP contribution in [0.2, 0.25) is 5.02 Å². The van der Waals surface area contributed by atoms with Crippen molar-refractivity contribution in [2.75, 3.05) is 13.7 Å². The van der Waals surface area contributed by atoms with Crippen molar-refractivity contribution in [1.29, 1.82) is 0 Å². The van der Waals surface area contributed by atoms with Crippen LogP contribution in [0.15, 0.2) is 33.8 Å². The van der Waals surface area contributed by atoms with Gasteiger partial charge in [0.05, 0.1) is 28.7 Å². The Morgan fingerprint density at radius 3 is 2.86 bits per heavy atom. The van der Waals surface area contributed by atoms with Crippen molar-refractivity contribution in [3.63, 3.8) is 0 Å². The molecule has 4 aromatic rings. The van der Waals surface area contributed by atoms with Gasteiger partial charge < -0.3 is 9.26 Å². The fourth-order valence-electron chi connectivity index (χ4n) is 3.75. The van der Waals surface area contributed by atoms with E-state index >= 15 is 0 Å². The average Bonchev–Trinajstić information content (AvgIpc) is 3.11. The van der Waals surface area contributed by atoms with Gasteiger partial charge in [0.2, 0.25) is 11.7 Å². The fraction of sp³-hybridized carbons (Fsp3) is 0.400. The number of halogens is 1. The maximum absolute atomic E-state index is 13.6. The normalized spacial score (nSPS) is 16.6. The van der Waals surface area contributed by atoms with Crippen molar-refractivity contribution in [3.8, 4) is 11.5 Å². The Balaban J connectivity index is 1.82. The van der Waals surface area contributed by atoms with Crippen LogP contribution in [0.4, 0.5) is 0 Å². The van der Waals surface area contributed by atoms with Gasteiger partial charge in [0.25, 0.3) is 5.56 Å². The molecule has 1 unspecified atom stereocenters. The van der Waals surface area contributed by atoms with E-state index in [2.05, 4.69) is 22.0 Å². The zero-order chi connectivity index (χ0) is 20.3. The Kier molecular flexibility index (Phi) is 4.04. The summed E-state index contributed by atoms with van der Waals surface area (Å²) in [6.07, 6.45) is 3.64. The molecule has 3 aromatic heterocycles. The second-order valence-corrected chi connectivity index (χ2v) is 8.29. The number of benzene rings is 1. The molecular formula is C20H20ClN5O3. The largest absolute Gasteiger partial charge is 0.383 e. The zero-order valence-corrected chi connectivity index (χ0v) is 17.1. The number of para-hydroxylation sites is 1. The van der Waals surface area contributed by atoms with Crippen LogP contribution in [0.1, 0.15) is 38.6 Å². The lowest BCUT2D eigenvalue weighted by atomic mass is 10.1. The summed E-state index contributed by atoms with van der Waals surface area (Å²) in [7, 11) is 1.60. The van der Waals surface area contributed by atoms with E-state index in [1.807, 2.05) is 19.1 Å². The van der Waals surface area contributed by atoms with Gasteiger partial charge in [-0.05, 0) is 31.9 Å². The number of ether oxygens (including phenoxy) is 1. The third kappa shape index (κ3) is 2.70. The number of fused-ring (bicyclic) bond motifs is 3. The lowest BCUT2D eigenvalue weighted by molar-refractivity contribution is 0.162. The fourth-order valence-corrected chi connectivity index (χ4v) is 4.01.